The van der Waals surface area contributed by atoms with Gasteiger partial charge in [0.15, 0.2) is 0 Å². The highest BCUT2D eigenvalue weighted by atomic mass is 35.5. The normalized spacial score (nSPS) is 23.1. The van der Waals surface area contributed by atoms with Gasteiger partial charge in [0.25, 0.3) is 0 Å². The monoisotopic (exact) mass is 284 g/mol. The molecule has 104 valence electrons. The molecule has 0 saturated carbocycles. The first-order valence-electron chi connectivity index (χ1n) is 6.59. The average molecular weight is 285 g/mol. The predicted molar refractivity (Wildman–Crippen MR) is 74.8 cm³/mol. The van der Waals surface area contributed by atoms with E-state index >= 15 is 0 Å². The second-order valence-corrected chi connectivity index (χ2v) is 5.33. The lowest BCUT2D eigenvalue weighted by atomic mass is 9.90. The number of hydrogen-bond acceptors (Lipinski definition) is 2. The molecule has 1 amide bonds. The third-order valence-corrected chi connectivity index (χ3v) is 3.88. The van der Waals surface area contributed by atoms with Gasteiger partial charge in [-0.2, -0.15) is 0 Å². The number of amides is 1. The molecular formula is C14H18ClFN2O. The van der Waals surface area contributed by atoms with Gasteiger partial charge in [-0.3, -0.25) is 4.79 Å². The molecule has 1 heterocycles. The van der Waals surface area contributed by atoms with Gasteiger partial charge in [-0.05, 0) is 43.5 Å². The molecule has 5 heteroatoms. The molecule has 0 spiro atoms. The average Bonchev–Trinajstić information content (AvgIpc) is 2.43. The summed E-state index contributed by atoms with van der Waals surface area (Å²) >= 11 is 5.69. The number of nitrogens with one attached hydrogen (secondary N) is 2. The number of piperidine rings is 1. The number of halogens is 2. The van der Waals surface area contributed by atoms with Crippen molar-refractivity contribution in [2.75, 3.05) is 11.9 Å². The van der Waals surface area contributed by atoms with Gasteiger partial charge in [0, 0.05) is 5.69 Å². The molecular weight excluding hydrogens is 267 g/mol. The Hall–Kier alpha value is -1.13. The van der Waals surface area contributed by atoms with Gasteiger partial charge in [-0.25, -0.2) is 4.39 Å². The molecule has 2 unspecified atom stereocenters. The van der Waals surface area contributed by atoms with Crippen molar-refractivity contribution < 1.29 is 9.18 Å². The smallest absolute Gasteiger partial charge is 0.241 e. The lowest BCUT2D eigenvalue weighted by Crippen LogP contribution is -2.46. The third kappa shape index (κ3) is 3.67. The Morgan fingerprint density at radius 2 is 2.37 bits per heavy atom. The van der Waals surface area contributed by atoms with Gasteiger partial charge in [0.05, 0.1) is 11.1 Å². The topological polar surface area (TPSA) is 41.1 Å². The van der Waals surface area contributed by atoms with E-state index in [0.717, 1.165) is 25.8 Å². The molecule has 2 atom stereocenters. The van der Waals surface area contributed by atoms with Gasteiger partial charge in [0.2, 0.25) is 5.91 Å². The van der Waals surface area contributed by atoms with Crippen LogP contribution in [0.15, 0.2) is 18.2 Å². The Bertz CT molecular complexity index is 467. The van der Waals surface area contributed by atoms with Crippen LogP contribution in [-0.2, 0) is 4.79 Å². The largest absolute Gasteiger partial charge is 0.325 e. The molecule has 19 heavy (non-hydrogen) atoms. The number of carbonyl (C=O) groups is 1. The molecule has 0 aliphatic carbocycles. The highest BCUT2D eigenvalue weighted by molar-refractivity contribution is 6.31. The Labute approximate surface area is 117 Å². The fraction of sp³-hybridized carbons (Fsp3) is 0.500. The van der Waals surface area contributed by atoms with E-state index < -0.39 is 5.82 Å². The van der Waals surface area contributed by atoms with Crippen molar-refractivity contribution >= 4 is 23.2 Å². The lowest BCUT2D eigenvalue weighted by molar-refractivity contribution is -0.119. The number of hydrogen-bond donors (Lipinski definition) is 2. The van der Waals surface area contributed by atoms with Crippen LogP contribution in [0.3, 0.4) is 0 Å². The Morgan fingerprint density at radius 3 is 3.05 bits per heavy atom. The zero-order chi connectivity index (χ0) is 13.8. The number of anilines is 1. The molecule has 0 bridgehead atoms. The molecule has 1 aromatic rings. The van der Waals surface area contributed by atoms with Crippen LogP contribution in [0, 0.1) is 11.7 Å². The standard InChI is InChI=1S/C14H18ClFN2O/c1-2-9-5-6-17-13(7-9)14(19)18-10-3-4-12(16)11(15)8-10/h3-4,8-9,13,17H,2,5-7H2,1H3,(H,18,19). The number of benzene rings is 1. The van der Waals surface area contributed by atoms with Crippen molar-refractivity contribution in [3.8, 4) is 0 Å². The van der Waals surface area contributed by atoms with Crippen LogP contribution < -0.4 is 10.6 Å². The van der Waals surface area contributed by atoms with Crippen LogP contribution in [0.2, 0.25) is 5.02 Å². The van der Waals surface area contributed by atoms with Gasteiger partial charge in [-0.15, -0.1) is 0 Å². The van der Waals surface area contributed by atoms with Crippen LogP contribution >= 0.6 is 11.6 Å². The third-order valence-electron chi connectivity index (χ3n) is 3.59. The summed E-state index contributed by atoms with van der Waals surface area (Å²) in [7, 11) is 0. The fourth-order valence-electron chi connectivity index (χ4n) is 2.37. The Morgan fingerprint density at radius 1 is 1.58 bits per heavy atom. The Balaban J connectivity index is 1.98. The van der Waals surface area contributed by atoms with Crippen molar-refractivity contribution in [1.29, 1.82) is 0 Å². The molecule has 1 aromatic carbocycles. The van der Waals surface area contributed by atoms with Crippen molar-refractivity contribution in [1.82, 2.24) is 5.32 Å². The minimum absolute atomic E-state index is 0.0147. The van der Waals surface area contributed by atoms with Crippen LogP contribution in [0.25, 0.3) is 0 Å². The van der Waals surface area contributed by atoms with E-state index in [-0.39, 0.29) is 17.0 Å². The van der Waals surface area contributed by atoms with Gasteiger partial charge >= 0.3 is 0 Å². The van der Waals surface area contributed by atoms with Gasteiger partial charge in [0.1, 0.15) is 5.82 Å². The maximum Gasteiger partial charge on any atom is 0.241 e. The first-order valence-corrected chi connectivity index (χ1v) is 6.97. The molecule has 1 aliphatic rings. The lowest BCUT2D eigenvalue weighted by Gasteiger charge is -2.28. The van der Waals surface area contributed by atoms with E-state index in [1.165, 1.54) is 18.2 Å². The SMILES string of the molecule is CCC1CCNC(C(=O)Nc2ccc(F)c(Cl)c2)C1. The maximum absolute atomic E-state index is 13.0. The first-order chi connectivity index (χ1) is 9.10. The van der Waals surface area contributed by atoms with Gasteiger partial charge < -0.3 is 10.6 Å². The minimum Gasteiger partial charge on any atom is -0.325 e. The van der Waals surface area contributed by atoms with Crippen LogP contribution in [0.1, 0.15) is 26.2 Å². The summed E-state index contributed by atoms with van der Waals surface area (Å²) in [5, 5.41) is 6.00. The van der Waals surface area contributed by atoms with Crippen molar-refractivity contribution in [2.24, 2.45) is 5.92 Å². The van der Waals surface area contributed by atoms with E-state index in [1.54, 1.807) is 0 Å². The van der Waals surface area contributed by atoms with E-state index in [1.807, 2.05) is 0 Å². The summed E-state index contributed by atoms with van der Waals surface area (Å²) in [5.41, 5.74) is 0.525. The zero-order valence-electron chi connectivity index (χ0n) is 10.9. The van der Waals surface area contributed by atoms with E-state index in [2.05, 4.69) is 17.6 Å². The maximum atomic E-state index is 13.0. The molecule has 1 fully saturated rings. The van der Waals surface area contributed by atoms with Crippen LogP contribution in [0.5, 0.6) is 0 Å². The van der Waals surface area contributed by atoms with E-state index in [0.29, 0.717) is 11.6 Å². The first kappa shape index (κ1) is 14.3. The van der Waals surface area contributed by atoms with Crippen LogP contribution in [-0.4, -0.2) is 18.5 Å². The van der Waals surface area contributed by atoms with E-state index in [4.69, 9.17) is 11.6 Å². The van der Waals surface area contributed by atoms with E-state index in [9.17, 15) is 9.18 Å². The zero-order valence-corrected chi connectivity index (χ0v) is 11.6. The highest BCUT2D eigenvalue weighted by Gasteiger charge is 2.25. The predicted octanol–water partition coefficient (Wildman–Crippen LogP) is 3.20. The van der Waals surface area contributed by atoms with Crippen molar-refractivity contribution in [3.63, 3.8) is 0 Å². The molecule has 1 saturated heterocycles. The van der Waals surface area contributed by atoms with Crippen molar-refractivity contribution in [2.45, 2.75) is 32.2 Å². The summed E-state index contributed by atoms with van der Waals surface area (Å²) in [4.78, 5) is 12.1. The molecule has 1 aliphatic heterocycles. The summed E-state index contributed by atoms with van der Waals surface area (Å²) in [6.45, 7) is 3.01. The molecule has 2 rings (SSSR count). The van der Waals surface area contributed by atoms with Crippen LogP contribution in [0.4, 0.5) is 10.1 Å². The van der Waals surface area contributed by atoms with Crippen molar-refractivity contribution in [3.05, 3.63) is 29.0 Å². The fourth-order valence-corrected chi connectivity index (χ4v) is 2.55. The molecule has 2 N–H and O–H groups in total. The summed E-state index contributed by atoms with van der Waals surface area (Å²) in [6.07, 6.45) is 3.05. The molecule has 0 aromatic heterocycles. The quantitative estimate of drug-likeness (QED) is 0.895. The summed E-state index contributed by atoms with van der Waals surface area (Å²) < 4.78 is 13.0. The molecule has 0 radical (unpaired) electrons. The minimum atomic E-state index is -0.485. The Kier molecular flexibility index (Phi) is 4.77. The molecule has 3 nitrogen and oxygen atoms in total. The van der Waals surface area contributed by atoms with Gasteiger partial charge in [-0.1, -0.05) is 24.9 Å². The summed E-state index contributed by atoms with van der Waals surface area (Å²) in [5.74, 6) is 0.0242. The number of carbonyl (C=O) groups excluding carboxylic acids is 1. The second kappa shape index (κ2) is 6.35. The second-order valence-electron chi connectivity index (χ2n) is 4.92. The number of rotatable bonds is 3. The summed E-state index contributed by atoms with van der Waals surface area (Å²) in [6, 6.07) is 4.01. The highest BCUT2D eigenvalue weighted by Crippen LogP contribution is 2.22.